The molecule has 0 spiro atoms. The minimum atomic E-state index is -0.0679. The van der Waals surface area contributed by atoms with Crippen LogP contribution in [0.25, 0.3) is 0 Å². The number of allylic oxidation sites excluding steroid dienone is 1. The van der Waals surface area contributed by atoms with Crippen LogP contribution in [0.2, 0.25) is 0 Å². The van der Waals surface area contributed by atoms with Crippen LogP contribution >= 0.6 is 11.3 Å². The molecule has 0 atom stereocenters. The van der Waals surface area contributed by atoms with Gasteiger partial charge in [0.25, 0.3) is 5.91 Å². The number of hydrogen-bond acceptors (Lipinski definition) is 5. The van der Waals surface area contributed by atoms with E-state index < -0.39 is 0 Å². The van der Waals surface area contributed by atoms with Crippen LogP contribution in [0.5, 0.6) is 0 Å². The Bertz CT molecular complexity index is 456. The number of hydrogen-bond donors (Lipinski definition) is 2. The van der Waals surface area contributed by atoms with Gasteiger partial charge in [-0.3, -0.25) is 4.79 Å². The van der Waals surface area contributed by atoms with Crippen LogP contribution < -0.4 is 11.1 Å². The quantitative estimate of drug-likeness (QED) is 0.571. The number of nitrogens with one attached hydrogen (secondary N) is 1. The van der Waals surface area contributed by atoms with E-state index in [1.54, 1.807) is 11.9 Å². The maximum Gasteiger partial charge on any atom is 0.267 e. The largest absolute Gasteiger partial charge is 0.382 e. The summed E-state index contributed by atoms with van der Waals surface area (Å²) in [5.41, 5.74) is 5.84. The van der Waals surface area contributed by atoms with Crippen molar-refractivity contribution in [1.29, 1.82) is 0 Å². The first-order valence-corrected chi connectivity index (χ1v) is 7.63. The van der Waals surface area contributed by atoms with Crippen molar-refractivity contribution in [1.82, 2.24) is 9.88 Å². The van der Waals surface area contributed by atoms with Gasteiger partial charge in [-0.1, -0.05) is 31.3 Å². The number of nitrogens with zero attached hydrogens (tertiary/aromatic N) is 2. The monoisotopic (exact) mass is 296 g/mol. The number of aromatic nitrogens is 1. The standard InChI is InChI=1S/C14H24N4OS/c1-5-6-7-8-18(4)13(19)11-12(15)17-14(20-11)16-9-10(2)3/h5,10H,1,6-9,15H2,2-4H3,(H,16,17). The second kappa shape index (κ2) is 7.89. The summed E-state index contributed by atoms with van der Waals surface area (Å²) >= 11 is 1.32. The third-order valence-electron chi connectivity index (χ3n) is 2.76. The highest BCUT2D eigenvalue weighted by atomic mass is 32.1. The molecule has 1 aromatic heterocycles. The molecule has 0 unspecified atom stereocenters. The molecule has 3 N–H and O–H groups in total. The summed E-state index contributed by atoms with van der Waals surface area (Å²) in [5, 5.41) is 3.90. The van der Waals surface area contributed by atoms with E-state index in [1.165, 1.54) is 11.3 Å². The second-order valence-electron chi connectivity index (χ2n) is 5.17. The van der Waals surface area contributed by atoms with Gasteiger partial charge in [0.1, 0.15) is 10.7 Å². The zero-order valence-corrected chi connectivity index (χ0v) is 13.3. The third-order valence-corrected chi connectivity index (χ3v) is 3.77. The lowest BCUT2D eigenvalue weighted by Gasteiger charge is -2.15. The molecular formula is C14H24N4OS. The molecule has 5 nitrogen and oxygen atoms in total. The number of nitrogens with two attached hydrogens (primary N) is 1. The molecule has 1 heterocycles. The highest BCUT2D eigenvalue weighted by Gasteiger charge is 2.19. The van der Waals surface area contributed by atoms with Crippen LogP contribution in [0.4, 0.5) is 10.9 Å². The predicted molar refractivity (Wildman–Crippen MR) is 86.2 cm³/mol. The average molecular weight is 296 g/mol. The lowest BCUT2D eigenvalue weighted by Crippen LogP contribution is -2.27. The summed E-state index contributed by atoms with van der Waals surface area (Å²) in [5.74, 6) is 0.754. The molecule has 1 rings (SSSR count). The molecule has 112 valence electrons. The summed E-state index contributed by atoms with van der Waals surface area (Å²) in [6.07, 6.45) is 3.66. The highest BCUT2D eigenvalue weighted by Crippen LogP contribution is 2.26. The molecule has 20 heavy (non-hydrogen) atoms. The van der Waals surface area contributed by atoms with Crippen molar-refractivity contribution < 1.29 is 4.79 Å². The molecule has 0 aliphatic carbocycles. The van der Waals surface area contributed by atoms with E-state index in [4.69, 9.17) is 5.73 Å². The van der Waals surface area contributed by atoms with Gasteiger partial charge >= 0.3 is 0 Å². The van der Waals surface area contributed by atoms with Crippen LogP contribution in [0.15, 0.2) is 12.7 Å². The normalized spacial score (nSPS) is 10.6. The summed E-state index contributed by atoms with van der Waals surface area (Å²) in [4.78, 5) is 18.7. The molecule has 0 saturated heterocycles. The second-order valence-corrected chi connectivity index (χ2v) is 6.16. The Balaban J connectivity index is 2.65. The number of carbonyl (C=O) groups is 1. The number of amides is 1. The van der Waals surface area contributed by atoms with Gasteiger partial charge < -0.3 is 16.0 Å². The van der Waals surface area contributed by atoms with Crippen LogP contribution in [-0.4, -0.2) is 35.9 Å². The minimum Gasteiger partial charge on any atom is -0.382 e. The van der Waals surface area contributed by atoms with E-state index in [0.29, 0.717) is 28.3 Å². The van der Waals surface area contributed by atoms with Gasteiger partial charge in [0, 0.05) is 20.1 Å². The SMILES string of the molecule is C=CCCCN(C)C(=O)c1sc(NCC(C)C)nc1N. The van der Waals surface area contributed by atoms with Gasteiger partial charge in [-0.2, -0.15) is 0 Å². The van der Waals surface area contributed by atoms with Gasteiger partial charge in [-0.15, -0.1) is 6.58 Å². The Morgan fingerprint density at radius 2 is 2.30 bits per heavy atom. The van der Waals surface area contributed by atoms with Crippen molar-refractivity contribution in [2.24, 2.45) is 5.92 Å². The molecule has 0 saturated carbocycles. The Morgan fingerprint density at radius 1 is 1.60 bits per heavy atom. The summed E-state index contributed by atoms with van der Waals surface area (Å²) in [6, 6.07) is 0. The predicted octanol–water partition coefficient (Wildman–Crippen LogP) is 2.83. The van der Waals surface area contributed by atoms with Crippen molar-refractivity contribution in [2.75, 3.05) is 31.2 Å². The Hall–Kier alpha value is -1.56. The molecule has 0 bridgehead atoms. The number of rotatable bonds is 8. The average Bonchev–Trinajstić information content (AvgIpc) is 2.77. The first kappa shape index (κ1) is 16.5. The van der Waals surface area contributed by atoms with Gasteiger partial charge in [0.2, 0.25) is 0 Å². The first-order chi connectivity index (χ1) is 9.45. The molecule has 0 aromatic carbocycles. The third kappa shape index (κ3) is 4.85. The summed E-state index contributed by atoms with van der Waals surface area (Å²) in [6.45, 7) is 9.41. The van der Waals surface area contributed by atoms with Crippen molar-refractivity contribution >= 4 is 28.2 Å². The van der Waals surface area contributed by atoms with E-state index in [0.717, 1.165) is 19.4 Å². The van der Waals surface area contributed by atoms with Crippen LogP contribution in [-0.2, 0) is 0 Å². The first-order valence-electron chi connectivity index (χ1n) is 6.82. The fourth-order valence-corrected chi connectivity index (χ4v) is 2.49. The summed E-state index contributed by atoms with van der Waals surface area (Å²) < 4.78 is 0. The van der Waals surface area contributed by atoms with Gasteiger partial charge in [-0.05, 0) is 18.8 Å². The molecule has 6 heteroatoms. The Morgan fingerprint density at radius 3 is 2.90 bits per heavy atom. The van der Waals surface area contributed by atoms with Crippen LogP contribution in [0.1, 0.15) is 36.4 Å². The molecule has 0 aliphatic heterocycles. The molecular weight excluding hydrogens is 272 g/mol. The fourth-order valence-electron chi connectivity index (χ4n) is 1.60. The van der Waals surface area contributed by atoms with E-state index >= 15 is 0 Å². The van der Waals surface area contributed by atoms with E-state index in [-0.39, 0.29) is 5.91 Å². The minimum absolute atomic E-state index is 0.0679. The molecule has 1 amide bonds. The van der Waals surface area contributed by atoms with Gasteiger partial charge in [0.05, 0.1) is 0 Å². The van der Waals surface area contributed by atoms with Gasteiger partial charge in [0.15, 0.2) is 5.13 Å². The van der Waals surface area contributed by atoms with Crippen LogP contribution in [0.3, 0.4) is 0 Å². The number of nitrogen functional groups attached to an aromatic ring is 1. The lowest BCUT2D eigenvalue weighted by molar-refractivity contribution is 0.0799. The fraction of sp³-hybridized carbons (Fsp3) is 0.571. The van der Waals surface area contributed by atoms with E-state index in [9.17, 15) is 4.79 Å². The zero-order valence-electron chi connectivity index (χ0n) is 12.5. The molecule has 1 aromatic rings. The smallest absolute Gasteiger partial charge is 0.267 e. The summed E-state index contributed by atoms with van der Waals surface area (Å²) in [7, 11) is 1.78. The number of anilines is 2. The van der Waals surface area contributed by atoms with Crippen molar-refractivity contribution in [2.45, 2.75) is 26.7 Å². The number of unbranched alkanes of at least 4 members (excludes halogenated alkanes) is 1. The van der Waals surface area contributed by atoms with E-state index in [1.807, 2.05) is 6.08 Å². The van der Waals surface area contributed by atoms with Crippen molar-refractivity contribution in [3.8, 4) is 0 Å². The van der Waals surface area contributed by atoms with Crippen LogP contribution in [0, 0.1) is 5.92 Å². The molecule has 0 radical (unpaired) electrons. The Kier molecular flexibility index (Phi) is 6.51. The van der Waals surface area contributed by atoms with Crippen molar-refractivity contribution in [3.63, 3.8) is 0 Å². The lowest BCUT2D eigenvalue weighted by atomic mass is 10.2. The number of thiazole rings is 1. The van der Waals surface area contributed by atoms with Gasteiger partial charge in [-0.25, -0.2) is 4.98 Å². The maximum atomic E-state index is 12.3. The molecule has 0 fully saturated rings. The topological polar surface area (TPSA) is 71.2 Å². The zero-order chi connectivity index (χ0) is 15.1. The highest BCUT2D eigenvalue weighted by molar-refractivity contribution is 7.18. The maximum absolute atomic E-state index is 12.3. The van der Waals surface area contributed by atoms with E-state index in [2.05, 4.69) is 30.7 Å². The number of carbonyl (C=O) groups excluding carboxylic acids is 1. The Labute approximate surface area is 124 Å². The van der Waals surface area contributed by atoms with Crippen molar-refractivity contribution in [3.05, 3.63) is 17.5 Å². The molecule has 0 aliphatic rings.